The van der Waals surface area contributed by atoms with E-state index in [0.29, 0.717) is 48.4 Å². The number of aromatic amines is 1. The highest BCUT2D eigenvalue weighted by Crippen LogP contribution is 2.32. The molecule has 3 N–H and O–H groups in total. The Balaban J connectivity index is 1.53. The number of hydrogen-bond donors (Lipinski definition) is 3. The quantitative estimate of drug-likeness (QED) is 0.565. The predicted octanol–water partition coefficient (Wildman–Crippen LogP) is 4.13. The summed E-state index contributed by atoms with van der Waals surface area (Å²) in [5, 5.41) is 5.98. The normalized spacial score (nSPS) is 15.1. The first-order valence-corrected chi connectivity index (χ1v) is 9.70. The fraction of sp³-hybridized carbons (Fsp3) is 0.318. The summed E-state index contributed by atoms with van der Waals surface area (Å²) in [6.45, 7) is 4.02. The first kappa shape index (κ1) is 20.3. The molecular weight excluding hydrogens is 395 g/mol. The number of hydrogen-bond acceptors (Lipinski definition) is 2. The van der Waals surface area contributed by atoms with Crippen molar-refractivity contribution in [2.45, 2.75) is 13.3 Å². The smallest absolute Gasteiger partial charge is 0.314 e. The van der Waals surface area contributed by atoms with Crippen LogP contribution in [0, 0.1) is 22.9 Å². The second kappa shape index (κ2) is 8.02. The summed E-state index contributed by atoms with van der Waals surface area (Å²) in [7, 11) is 0. The van der Waals surface area contributed by atoms with Crippen LogP contribution in [0.5, 0.6) is 0 Å². The van der Waals surface area contributed by atoms with Gasteiger partial charge >= 0.3 is 6.03 Å². The lowest BCUT2D eigenvalue weighted by atomic mass is 9.89. The van der Waals surface area contributed by atoms with Crippen molar-refractivity contribution in [1.29, 1.82) is 0 Å². The Morgan fingerprint density at radius 2 is 1.83 bits per heavy atom. The van der Waals surface area contributed by atoms with Crippen LogP contribution in [0.15, 0.2) is 36.4 Å². The van der Waals surface area contributed by atoms with Crippen molar-refractivity contribution in [3.63, 3.8) is 0 Å². The maximum atomic E-state index is 14.3. The lowest BCUT2D eigenvalue weighted by Crippen LogP contribution is -2.50. The molecule has 3 aromatic rings. The Hall–Kier alpha value is -3.00. The van der Waals surface area contributed by atoms with E-state index in [2.05, 4.69) is 15.6 Å². The highest BCUT2D eigenvalue weighted by molar-refractivity contribution is 5.91. The van der Waals surface area contributed by atoms with Crippen LogP contribution in [0.4, 0.5) is 18.0 Å². The third kappa shape index (κ3) is 4.14. The maximum Gasteiger partial charge on any atom is 0.314 e. The molecule has 0 bridgehead atoms. The van der Waals surface area contributed by atoms with Crippen LogP contribution < -0.4 is 10.6 Å². The van der Waals surface area contributed by atoms with Crippen molar-refractivity contribution in [2.75, 3.05) is 26.3 Å². The van der Waals surface area contributed by atoms with E-state index in [-0.39, 0.29) is 23.5 Å². The number of carbonyl (C=O) groups excluding carboxylic acids is 1. The van der Waals surface area contributed by atoms with Gasteiger partial charge in [0.15, 0.2) is 0 Å². The van der Waals surface area contributed by atoms with Gasteiger partial charge in [-0.3, -0.25) is 0 Å². The fourth-order valence-corrected chi connectivity index (χ4v) is 3.61. The summed E-state index contributed by atoms with van der Waals surface area (Å²) in [6.07, 6.45) is 0.337. The molecule has 1 aromatic heterocycles. The number of rotatable bonds is 6. The SMILES string of the molecule is CC1(CNC(=O)NCCc2c(-c3ccc(F)cc3)[nH]c3c(F)cc(F)cc23)COC1. The predicted molar refractivity (Wildman–Crippen MR) is 108 cm³/mol. The van der Waals surface area contributed by atoms with Crippen molar-refractivity contribution in [1.82, 2.24) is 15.6 Å². The maximum absolute atomic E-state index is 14.3. The average molecular weight is 417 g/mol. The van der Waals surface area contributed by atoms with Crippen LogP contribution in [0.1, 0.15) is 12.5 Å². The van der Waals surface area contributed by atoms with Crippen LogP contribution in [0.3, 0.4) is 0 Å². The van der Waals surface area contributed by atoms with E-state index < -0.39 is 17.5 Å². The summed E-state index contributed by atoms with van der Waals surface area (Å²) in [5.41, 5.74) is 1.99. The highest BCUT2D eigenvalue weighted by Gasteiger charge is 2.33. The number of halogens is 3. The van der Waals surface area contributed by atoms with Crippen molar-refractivity contribution in [2.24, 2.45) is 5.41 Å². The molecule has 2 heterocycles. The molecule has 1 saturated heterocycles. The average Bonchev–Trinajstić information content (AvgIpc) is 3.04. The van der Waals surface area contributed by atoms with E-state index in [1.807, 2.05) is 6.92 Å². The van der Waals surface area contributed by atoms with Gasteiger partial charge in [-0.05, 0) is 47.9 Å². The topological polar surface area (TPSA) is 66.2 Å². The monoisotopic (exact) mass is 417 g/mol. The Kier molecular flexibility index (Phi) is 5.42. The van der Waals surface area contributed by atoms with Crippen LogP contribution in [0.25, 0.3) is 22.2 Å². The van der Waals surface area contributed by atoms with E-state index in [9.17, 15) is 18.0 Å². The summed E-state index contributed by atoms with van der Waals surface area (Å²) in [6, 6.07) is 7.50. The molecule has 0 spiro atoms. The third-order valence-corrected chi connectivity index (χ3v) is 5.30. The highest BCUT2D eigenvalue weighted by atomic mass is 19.1. The van der Waals surface area contributed by atoms with Crippen molar-refractivity contribution >= 4 is 16.9 Å². The van der Waals surface area contributed by atoms with E-state index in [1.54, 1.807) is 12.1 Å². The van der Waals surface area contributed by atoms with Gasteiger partial charge in [-0.25, -0.2) is 18.0 Å². The molecule has 0 unspecified atom stereocenters. The van der Waals surface area contributed by atoms with Crippen LogP contribution in [0.2, 0.25) is 0 Å². The molecule has 1 aliphatic heterocycles. The number of urea groups is 1. The van der Waals surface area contributed by atoms with E-state index in [4.69, 9.17) is 4.74 Å². The summed E-state index contributed by atoms with van der Waals surface area (Å²) >= 11 is 0. The molecule has 0 aliphatic carbocycles. The van der Waals surface area contributed by atoms with Gasteiger partial charge in [0.1, 0.15) is 17.5 Å². The minimum atomic E-state index is -0.707. The molecule has 0 saturated carbocycles. The Labute approximate surface area is 171 Å². The molecule has 2 aromatic carbocycles. The molecule has 158 valence electrons. The second-order valence-corrected chi connectivity index (χ2v) is 7.96. The van der Waals surface area contributed by atoms with E-state index in [1.165, 1.54) is 18.2 Å². The summed E-state index contributed by atoms with van der Waals surface area (Å²) in [5.74, 6) is -1.79. The number of amides is 2. The number of nitrogens with one attached hydrogen (secondary N) is 3. The number of ether oxygens (including phenoxy) is 1. The summed E-state index contributed by atoms with van der Waals surface area (Å²) < 4.78 is 46.6. The molecule has 1 aliphatic rings. The zero-order valence-corrected chi connectivity index (χ0v) is 16.5. The number of H-pyrrole nitrogens is 1. The standard InChI is InChI=1S/C22H22F3N3O2/c1-22(11-30-12-22)10-27-21(29)26-7-6-16-17-8-15(24)9-18(25)20(17)28-19(16)13-2-4-14(23)5-3-13/h2-5,8-9,28H,6-7,10-12H2,1H3,(H2,26,27,29). The zero-order valence-electron chi connectivity index (χ0n) is 16.5. The fourth-order valence-electron chi connectivity index (χ4n) is 3.61. The molecule has 2 amide bonds. The minimum Gasteiger partial charge on any atom is -0.380 e. The van der Waals surface area contributed by atoms with Crippen LogP contribution in [-0.2, 0) is 11.2 Å². The van der Waals surface area contributed by atoms with E-state index >= 15 is 0 Å². The lowest BCUT2D eigenvalue weighted by Gasteiger charge is -2.37. The number of benzene rings is 2. The Morgan fingerprint density at radius 3 is 2.50 bits per heavy atom. The van der Waals surface area contributed by atoms with Gasteiger partial charge in [-0.1, -0.05) is 6.92 Å². The number of fused-ring (bicyclic) bond motifs is 1. The first-order valence-electron chi connectivity index (χ1n) is 9.70. The Bertz CT molecular complexity index is 1080. The molecular formula is C22H22F3N3O2. The number of carbonyl (C=O) groups is 1. The first-order chi connectivity index (χ1) is 14.3. The Morgan fingerprint density at radius 1 is 1.10 bits per heavy atom. The van der Waals surface area contributed by atoms with Crippen molar-refractivity contribution in [3.8, 4) is 11.3 Å². The zero-order chi connectivity index (χ0) is 21.3. The van der Waals surface area contributed by atoms with Gasteiger partial charge in [-0.2, -0.15) is 0 Å². The van der Waals surface area contributed by atoms with Gasteiger partial charge in [0.2, 0.25) is 0 Å². The van der Waals surface area contributed by atoms with Gasteiger partial charge < -0.3 is 20.4 Å². The van der Waals surface area contributed by atoms with Crippen molar-refractivity contribution < 1.29 is 22.7 Å². The largest absolute Gasteiger partial charge is 0.380 e. The van der Waals surface area contributed by atoms with Gasteiger partial charge in [0, 0.05) is 35.7 Å². The molecule has 5 nitrogen and oxygen atoms in total. The van der Waals surface area contributed by atoms with E-state index in [0.717, 1.165) is 6.07 Å². The molecule has 8 heteroatoms. The molecule has 30 heavy (non-hydrogen) atoms. The van der Waals surface area contributed by atoms with Crippen LogP contribution in [-0.4, -0.2) is 37.3 Å². The number of aromatic nitrogens is 1. The molecule has 1 fully saturated rings. The van der Waals surface area contributed by atoms with Crippen LogP contribution >= 0.6 is 0 Å². The third-order valence-electron chi connectivity index (χ3n) is 5.30. The minimum absolute atomic E-state index is 0.0427. The summed E-state index contributed by atoms with van der Waals surface area (Å²) in [4.78, 5) is 15.1. The second-order valence-electron chi connectivity index (χ2n) is 7.96. The lowest BCUT2D eigenvalue weighted by molar-refractivity contribution is -0.0975. The van der Waals surface area contributed by atoms with Gasteiger partial charge in [0.25, 0.3) is 0 Å². The molecule has 4 rings (SSSR count). The van der Waals surface area contributed by atoms with Gasteiger partial charge in [-0.15, -0.1) is 0 Å². The van der Waals surface area contributed by atoms with Crippen molar-refractivity contribution in [3.05, 3.63) is 59.4 Å². The molecule has 0 atom stereocenters. The molecule has 0 radical (unpaired) electrons. The van der Waals surface area contributed by atoms with Gasteiger partial charge in [0.05, 0.1) is 18.7 Å².